The Hall–Kier alpha value is -3.81. The number of hydrogen-bond acceptors (Lipinski definition) is 7. The third-order valence-electron chi connectivity index (χ3n) is 5.05. The second-order valence-corrected chi connectivity index (χ2v) is 7.01. The fourth-order valence-electron chi connectivity index (χ4n) is 3.52. The molecule has 8 nitrogen and oxygen atoms in total. The molecule has 0 saturated heterocycles. The van der Waals surface area contributed by atoms with Crippen molar-refractivity contribution >= 4 is 17.6 Å². The molecule has 2 aromatic rings. The molecule has 0 radical (unpaired) electrons. The van der Waals surface area contributed by atoms with E-state index in [2.05, 4.69) is 26.2 Å². The predicted octanol–water partition coefficient (Wildman–Crippen LogP) is 1.92. The molecule has 1 aromatic heterocycles. The van der Waals surface area contributed by atoms with Crippen LogP contribution in [0.1, 0.15) is 22.5 Å². The molecule has 4 rings (SSSR count). The first-order valence-corrected chi connectivity index (χ1v) is 9.15. The summed E-state index contributed by atoms with van der Waals surface area (Å²) in [6.45, 7) is -1.13. The molecule has 3 N–H and O–H groups in total. The number of terminal acetylenes is 1. The summed E-state index contributed by atoms with van der Waals surface area (Å²) < 4.78 is 53.4. The van der Waals surface area contributed by atoms with Gasteiger partial charge in [0.1, 0.15) is 24.0 Å². The van der Waals surface area contributed by atoms with Gasteiger partial charge in [-0.25, -0.2) is 28.1 Å². The van der Waals surface area contributed by atoms with Gasteiger partial charge in [-0.3, -0.25) is 4.79 Å². The number of amidine groups is 1. The Morgan fingerprint density at radius 2 is 2.19 bits per heavy atom. The van der Waals surface area contributed by atoms with E-state index >= 15 is 0 Å². The number of amides is 1. The number of hydrogen-bond donors (Lipinski definition) is 2. The maximum Gasteiger partial charge on any atom is 0.283 e. The highest BCUT2D eigenvalue weighted by Crippen LogP contribution is 2.54. The fourth-order valence-corrected chi connectivity index (χ4v) is 3.52. The number of nitrogens with two attached hydrogens (primary N) is 1. The first kappa shape index (κ1) is 20.5. The number of carbonyl (C=O) groups excluding carboxylic acids is 1. The first-order valence-electron chi connectivity index (χ1n) is 9.15. The smallest absolute Gasteiger partial charge is 0.283 e. The number of fused-ring (bicyclic) bond motifs is 1. The molecule has 0 unspecified atom stereocenters. The second-order valence-electron chi connectivity index (χ2n) is 7.01. The van der Waals surface area contributed by atoms with Crippen LogP contribution in [-0.4, -0.2) is 41.3 Å². The summed E-state index contributed by atoms with van der Waals surface area (Å²) >= 11 is 0. The third kappa shape index (κ3) is 3.72. The van der Waals surface area contributed by atoms with Crippen LogP contribution in [0.25, 0.3) is 0 Å². The van der Waals surface area contributed by atoms with Gasteiger partial charge >= 0.3 is 0 Å². The van der Waals surface area contributed by atoms with E-state index in [9.17, 15) is 18.0 Å². The molecule has 1 fully saturated rings. The quantitative estimate of drug-likeness (QED) is 0.676. The van der Waals surface area contributed by atoms with Crippen LogP contribution >= 0.6 is 0 Å². The largest absolute Gasteiger partial charge is 0.463 e. The molecule has 1 aliphatic heterocycles. The molecule has 0 spiro atoms. The zero-order valence-electron chi connectivity index (χ0n) is 15.9. The van der Waals surface area contributed by atoms with Gasteiger partial charge in [-0.15, -0.1) is 6.42 Å². The lowest BCUT2D eigenvalue weighted by Crippen LogP contribution is -2.40. The van der Waals surface area contributed by atoms with Crippen LogP contribution in [0, 0.1) is 29.9 Å². The summed E-state index contributed by atoms with van der Waals surface area (Å²) in [6.07, 6.45) is 7.38. The Morgan fingerprint density at radius 3 is 2.87 bits per heavy atom. The average molecular weight is 431 g/mol. The van der Waals surface area contributed by atoms with Crippen LogP contribution in [0.5, 0.6) is 5.88 Å². The number of anilines is 1. The number of alkyl halides is 1. The molecular weight excluding hydrogens is 415 g/mol. The molecule has 2 heterocycles. The van der Waals surface area contributed by atoms with Crippen molar-refractivity contribution in [2.24, 2.45) is 16.6 Å². The average Bonchev–Trinajstić information content (AvgIpc) is 3.54. The summed E-state index contributed by atoms with van der Waals surface area (Å²) in [7, 11) is 0. The molecule has 1 aliphatic carbocycles. The monoisotopic (exact) mass is 431 g/mol. The van der Waals surface area contributed by atoms with Crippen LogP contribution in [0.4, 0.5) is 18.9 Å². The molecule has 1 amide bonds. The minimum Gasteiger partial charge on any atom is -0.463 e. The maximum atomic E-state index is 14.7. The van der Waals surface area contributed by atoms with Crippen molar-refractivity contribution in [3.8, 4) is 18.2 Å². The normalized spacial score (nSPS) is 23.6. The molecular formula is C20H16F3N5O3. The van der Waals surface area contributed by atoms with E-state index in [1.54, 1.807) is 0 Å². The zero-order valence-corrected chi connectivity index (χ0v) is 15.9. The van der Waals surface area contributed by atoms with Gasteiger partial charge in [-0.1, -0.05) is 5.92 Å². The van der Waals surface area contributed by atoms with E-state index in [0.29, 0.717) is 6.42 Å². The predicted molar refractivity (Wildman–Crippen MR) is 103 cm³/mol. The maximum absolute atomic E-state index is 14.7. The number of halogens is 3. The molecule has 31 heavy (non-hydrogen) atoms. The van der Waals surface area contributed by atoms with Crippen molar-refractivity contribution in [3.05, 3.63) is 47.4 Å². The van der Waals surface area contributed by atoms with Crippen LogP contribution in [0.2, 0.25) is 0 Å². The molecule has 1 saturated carbocycles. The van der Waals surface area contributed by atoms with Crippen molar-refractivity contribution in [2.45, 2.75) is 18.1 Å². The van der Waals surface area contributed by atoms with Gasteiger partial charge in [-0.05, 0) is 12.5 Å². The summed E-state index contributed by atoms with van der Waals surface area (Å²) in [5.74, 6) is -1.42. The lowest BCUT2D eigenvalue weighted by atomic mass is 9.85. The van der Waals surface area contributed by atoms with Crippen LogP contribution in [-0.2, 0) is 10.3 Å². The molecule has 3 atom stereocenters. The number of nitrogens with zero attached hydrogens (tertiary/aromatic N) is 3. The van der Waals surface area contributed by atoms with Crippen molar-refractivity contribution < 1.29 is 27.4 Å². The summed E-state index contributed by atoms with van der Waals surface area (Å²) in [5, 5.41) is 2.39. The molecule has 160 valence electrons. The number of benzene rings is 1. The highest BCUT2D eigenvalue weighted by atomic mass is 19.2. The highest BCUT2D eigenvalue weighted by Gasteiger charge is 2.60. The number of aromatic nitrogens is 2. The van der Waals surface area contributed by atoms with Crippen molar-refractivity contribution in [1.29, 1.82) is 0 Å². The van der Waals surface area contributed by atoms with Crippen molar-refractivity contribution in [2.75, 3.05) is 18.6 Å². The summed E-state index contributed by atoms with van der Waals surface area (Å²) in [5.41, 5.74) is 3.30. The van der Waals surface area contributed by atoms with E-state index in [1.165, 1.54) is 6.20 Å². The van der Waals surface area contributed by atoms with Crippen LogP contribution in [0.15, 0.2) is 29.5 Å². The van der Waals surface area contributed by atoms with Gasteiger partial charge in [0, 0.05) is 23.2 Å². The highest BCUT2D eigenvalue weighted by molar-refractivity contribution is 6.02. The molecule has 0 bridgehead atoms. The SMILES string of the molecule is C#CCOc1cnc(C(=O)Nc2cc(F)c(F)c([C@@]3(CF)N=C(N)O[C@H]4C[C@H]43)c2)cn1. The topological polar surface area (TPSA) is 112 Å². The number of nitrogens with one attached hydrogen (secondary N) is 1. The Morgan fingerprint density at radius 1 is 1.39 bits per heavy atom. The van der Waals surface area contributed by atoms with Gasteiger partial charge in [0.15, 0.2) is 18.2 Å². The van der Waals surface area contributed by atoms with Crippen molar-refractivity contribution in [3.63, 3.8) is 0 Å². The molecule has 11 heteroatoms. The lowest BCUT2D eigenvalue weighted by molar-refractivity contribution is 0.102. The van der Waals surface area contributed by atoms with Gasteiger partial charge in [0.05, 0.1) is 12.4 Å². The standard InChI is InChI=1S/C20H16F3N5O3/c1-2-3-30-16-8-25-14(7-26-16)18(29)27-10-4-12(17(23)13(22)5-10)20(9-21)11-6-15(11)31-19(24)28-20/h1,4-5,7-8,11,15H,3,6,9H2,(H2,24,28)(H,27,29)/t11-,15+,20+/m1/s1. The Labute approximate surface area is 174 Å². The Bertz CT molecular complexity index is 1100. The van der Waals surface area contributed by atoms with Crippen LogP contribution < -0.4 is 15.8 Å². The Kier molecular flexibility index (Phi) is 5.14. The minimum atomic E-state index is -1.73. The first-order chi connectivity index (χ1) is 14.9. The number of rotatable bonds is 6. The zero-order chi connectivity index (χ0) is 22.2. The van der Waals surface area contributed by atoms with E-state index in [-0.39, 0.29) is 35.5 Å². The van der Waals surface area contributed by atoms with Gasteiger partial charge in [0.2, 0.25) is 5.88 Å². The van der Waals surface area contributed by atoms with Crippen molar-refractivity contribution in [1.82, 2.24) is 9.97 Å². The number of carbonyl (C=O) groups is 1. The van der Waals surface area contributed by atoms with E-state index in [4.69, 9.17) is 21.6 Å². The van der Waals surface area contributed by atoms with Gasteiger partial charge in [-0.2, -0.15) is 0 Å². The summed E-state index contributed by atoms with van der Waals surface area (Å²) in [4.78, 5) is 24.2. The number of ether oxygens (including phenoxy) is 2. The lowest BCUT2D eigenvalue weighted by Gasteiger charge is -2.31. The fraction of sp³-hybridized carbons (Fsp3) is 0.300. The third-order valence-corrected chi connectivity index (χ3v) is 5.05. The number of aliphatic imine (C=N–C) groups is 1. The van der Waals surface area contributed by atoms with Gasteiger partial charge < -0.3 is 20.5 Å². The summed E-state index contributed by atoms with van der Waals surface area (Å²) in [6, 6.07) is 1.61. The van der Waals surface area contributed by atoms with E-state index in [0.717, 1.165) is 18.3 Å². The van der Waals surface area contributed by atoms with E-state index < -0.39 is 41.8 Å². The Balaban J connectivity index is 1.62. The second kappa shape index (κ2) is 7.79. The minimum absolute atomic E-state index is 0.0198. The van der Waals surface area contributed by atoms with Gasteiger partial charge in [0.25, 0.3) is 11.9 Å². The van der Waals surface area contributed by atoms with E-state index in [1.807, 2.05) is 0 Å². The molecule has 1 aromatic carbocycles. The van der Waals surface area contributed by atoms with Crippen LogP contribution in [0.3, 0.4) is 0 Å². The molecule has 2 aliphatic rings.